The lowest BCUT2D eigenvalue weighted by Gasteiger charge is -2.09. The van der Waals surface area contributed by atoms with Crippen LogP contribution in [0.15, 0.2) is 70.2 Å². The fraction of sp³-hybridized carbons (Fsp3) is 0.0556. The van der Waals surface area contributed by atoms with Crippen LogP contribution in [0.5, 0.6) is 0 Å². The molecule has 27 heavy (non-hydrogen) atoms. The number of halogens is 2. The van der Waals surface area contributed by atoms with Crippen molar-refractivity contribution in [3.8, 4) is 0 Å². The molecule has 0 fully saturated rings. The van der Waals surface area contributed by atoms with E-state index in [4.69, 9.17) is 16.0 Å². The standard InChI is InChI=1S/C18H14ClFN2O4S/c19-16-10-13(6-7-17(16)20)22-18(23)12-3-1-5-15(9-12)27(24,25)21-11-14-4-2-8-26-14/h1-10,21H,11H2,(H,22,23). The topological polar surface area (TPSA) is 88.4 Å². The van der Waals surface area contributed by atoms with Crippen molar-refractivity contribution in [2.45, 2.75) is 11.4 Å². The van der Waals surface area contributed by atoms with E-state index in [-0.39, 0.29) is 27.7 Å². The summed E-state index contributed by atoms with van der Waals surface area (Å²) in [5, 5.41) is 2.41. The second-order valence-corrected chi connectivity index (χ2v) is 7.69. The Morgan fingerprint density at radius 3 is 2.63 bits per heavy atom. The monoisotopic (exact) mass is 408 g/mol. The number of benzene rings is 2. The van der Waals surface area contributed by atoms with E-state index in [1.165, 1.54) is 42.7 Å². The van der Waals surface area contributed by atoms with Crippen molar-refractivity contribution >= 4 is 33.2 Å². The van der Waals surface area contributed by atoms with Crippen molar-refractivity contribution in [1.82, 2.24) is 4.72 Å². The Balaban J connectivity index is 1.75. The van der Waals surface area contributed by atoms with Crippen molar-refractivity contribution in [3.63, 3.8) is 0 Å². The smallest absolute Gasteiger partial charge is 0.255 e. The van der Waals surface area contributed by atoms with Crippen LogP contribution in [-0.2, 0) is 16.6 Å². The highest BCUT2D eigenvalue weighted by atomic mass is 35.5. The molecule has 0 aliphatic heterocycles. The minimum Gasteiger partial charge on any atom is -0.468 e. The molecule has 140 valence electrons. The molecule has 6 nitrogen and oxygen atoms in total. The van der Waals surface area contributed by atoms with Crippen LogP contribution in [0, 0.1) is 5.82 Å². The molecule has 0 aliphatic rings. The second-order valence-electron chi connectivity index (χ2n) is 5.51. The summed E-state index contributed by atoms with van der Waals surface area (Å²) in [6.45, 7) is -0.0141. The van der Waals surface area contributed by atoms with Gasteiger partial charge in [-0.1, -0.05) is 17.7 Å². The largest absolute Gasteiger partial charge is 0.468 e. The average Bonchev–Trinajstić information content (AvgIpc) is 3.17. The molecule has 1 heterocycles. The molecular formula is C18H14ClFN2O4S. The van der Waals surface area contributed by atoms with Crippen LogP contribution in [0.2, 0.25) is 5.02 Å². The number of amides is 1. The summed E-state index contributed by atoms with van der Waals surface area (Å²) in [5.74, 6) is -0.702. The highest BCUT2D eigenvalue weighted by Gasteiger charge is 2.17. The number of furan rings is 1. The van der Waals surface area contributed by atoms with Crippen LogP contribution in [-0.4, -0.2) is 14.3 Å². The molecular weight excluding hydrogens is 395 g/mol. The van der Waals surface area contributed by atoms with E-state index in [0.29, 0.717) is 5.76 Å². The van der Waals surface area contributed by atoms with Crippen molar-refractivity contribution in [2.24, 2.45) is 0 Å². The van der Waals surface area contributed by atoms with E-state index in [1.54, 1.807) is 12.1 Å². The first-order valence-electron chi connectivity index (χ1n) is 7.74. The third-order valence-electron chi connectivity index (χ3n) is 3.60. The molecule has 9 heteroatoms. The Morgan fingerprint density at radius 2 is 1.93 bits per heavy atom. The minimum atomic E-state index is -3.84. The molecule has 2 aromatic carbocycles. The highest BCUT2D eigenvalue weighted by Crippen LogP contribution is 2.20. The van der Waals surface area contributed by atoms with E-state index in [0.717, 1.165) is 6.07 Å². The summed E-state index contributed by atoms with van der Waals surface area (Å²) in [6.07, 6.45) is 1.44. The van der Waals surface area contributed by atoms with Gasteiger partial charge in [0, 0.05) is 11.3 Å². The Kier molecular flexibility index (Phi) is 5.59. The first-order chi connectivity index (χ1) is 12.8. The van der Waals surface area contributed by atoms with Crippen LogP contribution < -0.4 is 10.0 Å². The van der Waals surface area contributed by atoms with E-state index in [1.807, 2.05) is 0 Å². The summed E-state index contributed by atoms with van der Waals surface area (Å²) in [4.78, 5) is 12.3. The number of rotatable bonds is 6. The summed E-state index contributed by atoms with van der Waals surface area (Å²) < 4.78 is 45.5. The zero-order valence-electron chi connectivity index (χ0n) is 13.8. The Hall–Kier alpha value is -2.68. The Morgan fingerprint density at radius 1 is 1.11 bits per heavy atom. The number of nitrogens with one attached hydrogen (secondary N) is 2. The fourth-order valence-electron chi connectivity index (χ4n) is 2.24. The number of carbonyl (C=O) groups excluding carboxylic acids is 1. The van der Waals surface area contributed by atoms with Gasteiger partial charge >= 0.3 is 0 Å². The van der Waals surface area contributed by atoms with E-state index in [9.17, 15) is 17.6 Å². The van der Waals surface area contributed by atoms with Gasteiger partial charge in [0.05, 0.1) is 22.7 Å². The normalized spacial score (nSPS) is 11.3. The summed E-state index contributed by atoms with van der Waals surface area (Å²) >= 11 is 5.68. The van der Waals surface area contributed by atoms with Gasteiger partial charge < -0.3 is 9.73 Å². The summed E-state index contributed by atoms with van der Waals surface area (Å²) in [7, 11) is -3.84. The molecule has 0 radical (unpaired) electrons. The Bertz CT molecular complexity index is 1070. The first kappa shape index (κ1) is 19.1. The number of carbonyl (C=O) groups is 1. The molecule has 0 saturated carbocycles. The number of anilines is 1. The van der Waals surface area contributed by atoms with E-state index < -0.39 is 21.7 Å². The maximum atomic E-state index is 13.2. The van der Waals surface area contributed by atoms with Gasteiger partial charge in [0.2, 0.25) is 10.0 Å². The van der Waals surface area contributed by atoms with Gasteiger partial charge in [-0.2, -0.15) is 0 Å². The minimum absolute atomic E-state index is 0.0141. The lowest BCUT2D eigenvalue weighted by molar-refractivity contribution is 0.102. The average molecular weight is 409 g/mol. The van der Waals surface area contributed by atoms with E-state index in [2.05, 4.69) is 10.0 Å². The molecule has 0 aliphatic carbocycles. The van der Waals surface area contributed by atoms with Crippen molar-refractivity contribution in [3.05, 3.63) is 83.0 Å². The molecule has 3 rings (SSSR count). The van der Waals surface area contributed by atoms with Gasteiger partial charge in [-0.25, -0.2) is 17.5 Å². The van der Waals surface area contributed by atoms with Gasteiger partial charge in [0.25, 0.3) is 5.91 Å². The molecule has 0 atom stereocenters. The van der Waals surface area contributed by atoms with Gasteiger partial charge in [-0.3, -0.25) is 4.79 Å². The molecule has 0 unspecified atom stereocenters. The van der Waals surface area contributed by atoms with Crippen molar-refractivity contribution in [1.29, 1.82) is 0 Å². The second kappa shape index (κ2) is 7.91. The van der Waals surface area contributed by atoms with Gasteiger partial charge in [-0.05, 0) is 48.5 Å². The van der Waals surface area contributed by atoms with Crippen LogP contribution >= 0.6 is 11.6 Å². The molecule has 0 spiro atoms. The number of hydrogen-bond acceptors (Lipinski definition) is 4. The molecule has 1 aromatic heterocycles. The van der Waals surface area contributed by atoms with Crippen LogP contribution in [0.4, 0.5) is 10.1 Å². The maximum Gasteiger partial charge on any atom is 0.255 e. The Labute approximate surface area is 160 Å². The maximum absolute atomic E-state index is 13.2. The van der Waals surface area contributed by atoms with Gasteiger partial charge in [0.15, 0.2) is 0 Å². The lowest BCUT2D eigenvalue weighted by atomic mass is 10.2. The van der Waals surface area contributed by atoms with Crippen LogP contribution in [0.1, 0.15) is 16.1 Å². The van der Waals surface area contributed by atoms with Gasteiger partial charge in [0.1, 0.15) is 11.6 Å². The fourth-order valence-corrected chi connectivity index (χ4v) is 3.46. The van der Waals surface area contributed by atoms with Gasteiger partial charge in [-0.15, -0.1) is 0 Å². The van der Waals surface area contributed by atoms with E-state index >= 15 is 0 Å². The van der Waals surface area contributed by atoms with Crippen molar-refractivity contribution < 1.29 is 22.0 Å². The lowest BCUT2D eigenvalue weighted by Crippen LogP contribution is -2.23. The molecule has 0 saturated heterocycles. The molecule has 3 aromatic rings. The highest BCUT2D eigenvalue weighted by molar-refractivity contribution is 7.89. The molecule has 1 amide bonds. The zero-order valence-corrected chi connectivity index (χ0v) is 15.4. The summed E-state index contributed by atoms with van der Waals surface area (Å²) in [5.41, 5.74) is 0.409. The number of sulfonamides is 1. The predicted molar refractivity (Wildman–Crippen MR) is 98.5 cm³/mol. The van der Waals surface area contributed by atoms with Crippen LogP contribution in [0.3, 0.4) is 0 Å². The summed E-state index contributed by atoms with van der Waals surface area (Å²) in [6, 6.07) is 12.6. The predicted octanol–water partition coefficient (Wildman–Crippen LogP) is 3.80. The third-order valence-corrected chi connectivity index (χ3v) is 5.29. The first-order valence-corrected chi connectivity index (χ1v) is 9.60. The third kappa shape index (κ3) is 4.73. The molecule has 2 N–H and O–H groups in total. The zero-order chi connectivity index (χ0) is 19.4. The van der Waals surface area contributed by atoms with Crippen molar-refractivity contribution in [2.75, 3.05) is 5.32 Å². The van der Waals surface area contributed by atoms with Crippen LogP contribution in [0.25, 0.3) is 0 Å². The molecule has 0 bridgehead atoms. The SMILES string of the molecule is O=C(Nc1ccc(F)c(Cl)c1)c1cccc(S(=O)(=O)NCc2ccco2)c1. The number of hydrogen-bond donors (Lipinski definition) is 2. The quantitative estimate of drug-likeness (QED) is 0.649.